The molecule has 2 aromatic rings. The molecule has 0 radical (unpaired) electrons. The first kappa shape index (κ1) is 24.4. The van der Waals surface area contributed by atoms with Crippen molar-refractivity contribution in [2.24, 2.45) is 0 Å². The number of dihydropyridines is 1. The van der Waals surface area contributed by atoms with Gasteiger partial charge in [-0.2, -0.15) is 5.26 Å². The van der Waals surface area contributed by atoms with E-state index in [1.165, 1.54) is 29.2 Å². The number of aryl methyl sites for hydroxylation is 2. The molecule has 2 N–H and O–H groups in total. The molecular formula is C25H25N3O3S2. The van der Waals surface area contributed by atoms with Crippen molar-refractivity contribution < 1.29 is 14.3 Å². The zero-order valence-electron chi connectivity index (χ0n) is 18.7. The van der Waals surface area contributed by atoms with Crippen LogP contribution in [0.4, 0.5) is 5.69 Å². The van der Waals surface area contributed by atoms with Crippen molar-refractivity contribution in [1.82, 2.24) is 5.32 Å². The maximum Gasteiger partial charge on any atom is 0.337 e. The molecule has 0 fully saturated rings. The highest BCUT2D eigenvalue weighted by Gasteiger charge is 2.36. The standard InChI is InChI=1S/C25H25N3O3S2/c1-5-10-31-25(30)22-17(4)27-24(18(13-26)23(22)20-7-6-11-32-20)33-14-21(29)28-19-12-15(2)8-9-16(19)3/h5-9,11-12,23,27H,1,10,14H2,2-4H3,(H,28,29)/t23-/m0/s1. The minimum absolute atomic E-state index is 0.0819. The topological polar surface area (TPSA) is 91.2 Å². The van der Waals surface area contributed by atoms with Crippen LogP contribution in [0.5, 0.6) is 0 Å². The van der Waals surface area contributed by atoms with Crippen LogP contribution >= 0.6 is 23.1 Å². The summed E-state index contributed by atoms with van der Waals surface area (Å²) in [6, 6.07) is 11.9. The maximum absolute atomic E-state index is 12.8. The molecule has 0 aliphatic carbocycles. The van der Waals surface area contributed by atoms with E-state index in [4.69, 9.17) is 4.74 Å². The van der Waals surface area contributed by atoms with Gasteiger partial charge in [0.05, 0.1) is 33.9 Å². The molecule has 0 saturated carbocycles. The average Bonchev–Trinajstić information content (AvgIpc) is 3.32. The zero-order valence-corrected chi connectivity index (χ0v) is 20.4. The van der Waals surface area contributed by atoms with Crippen molar-refractivity contribution in [3.63, 3.8) is 0 Å². The lowest BCUT2D eigenvalue weighted by Crippen LogP contribution is -2.29. The first-order valence-corrected chi connectivity index (χ1v) is 12.2. The van der Waals surface area contributed by atoms with Gasteiger partial charge in [0.2, 0.25) is 5.91 Å². The Bertz CT molecular complexity index is 1170. The summed E-state index contributed by atoms with van der Waals surface area (Å²) in [6.07, 6.45) is 1.50. The number of carbonyl (C=O) groups is 2. The first-order valence-electron chi connectivity index (χ1n) is 10.3. The van der Waals surface area contributed by atoms with E-state index in [0.717, 1.165) is 21.7 Å². The lowest BCUT2D eigenvalue weighted by Gasteiger charge is -2.28. The number of carbonyl (C=O) groups excluding carboxylic acids is 2. The van der Waals surface area contributed by atoms with Gasteiger partial charge in [0.1, 0.15) is 6.61 Å². The normalized spacial score (nSPS) is 15.5. The van der Waals surface area contributed by atoms with Gasteiger partial charge in [0.15, 0.2) is 0 Å². The van der Waals surface area contributed by atoms with Crippen molar-refractivity contribution in [1.29, 1.82) is 5.26 Å². The molecule has 0 spiro atoms. The van der Waals surface area contributed by atoms with Crippen LogP contribution in [-0.4, -0.2) is 24.2 Å². The predicted octanol–water partition coefficient (Wildman–Crippen LogP) is 5.16. The van der Waals surface area contributed by atoms with Gasteiger partial charge in [-0.3, -0.25) is 4.79 Å². The van der Waals surface area contributed by atoms with E-state index in [2.05, 4.69) is 23.3 Å². The van der Waals surface area contributed by atoms with Crippen LogP contribution in [0.15, 0.2) is 70.2 Å². The number of hydrogen-bond acceptors (Lipinski definition) is 7. The number of thioether (sulfide) groups is 1. The van der Waals surface area contributed by atoms with Crippen LogP contribution in [0.3, 0.4) is 0 Å². The second-order valence-corrected chi connectivity index (χ2v) is 9.47. The molecule has 0 bridgehead atoms. The van der Waals surface area contributed by atoms with Gasteiger partial charge in [0, 0.05) is 16.3 Å². The highest BCUT2D eigenvalue weighted by molar-refractivity contribution is 8.03. The quantitative estimate of drug-likeness (QED) is 0.401. The Hall–Kier alpha value is -3.28. The second-order valence-electron chi connectivity index (χ2n) is 7.51. The molecule has 1 amide bonds. The molecule has 3 rings (SSSR count). The molecule has 1 aliphatic rings. The first-order chi connectivity index (χ1) is 15.8. The highest BCUT2D eigenvalue weighted by atomic mass is 32.2. The van der Waals surface area contributed by atoms with Gasteiger partial charge in [-0.25, -0.2) is 4.79 Å². The number of ether oxygens (including phenoxy) is 1. The number of esters is 1. The summed E-state index contributed by atoms with van der Waals surface area (Å²) in [5.41, 5.74) is 4.18. The van der Waals surface area contributed by atoms with Crippen LogP contribution in [0.1, 0.15) is 28.8 Å². The Morgan fingerprint density at radius 1 is 1.33 bits per heavy atom. The van der Waals surface area contributed by atoms with Gasteiger partial charge in [-0.1, -0.05) is 42.6 Å². The van der Waals surface area contributed by atoms with Crippen molar-refractivity contribution in [2.75, 3.05) is 17.7 Å². The Kier molecular flexibility index (Phi) is 8.15. The third kappa shape index (κ3) is 5.75. The molecule has 1 aromatic carbocycles. The van der Waals surface area contributed by atoms with Gasteiger partial charge >= 0.3 is 5.97 Å². The average molecular weight is 480 g/mol. The molecule has 2 heterocycles. The number of nitrogens with one attached hydrogen (secondary N) is 2. The monoisotopic (exact) mass is 479 g/mol. The van der Waals surface area contributed by atoms with Gasteiger partial charge in [-0.05, 0) is 49.4 Å². The van der Waals surface area contributed by atoms with E-state index in [1.807, 2.05) is 49.6 Å². The number of hydrogen-bond donors (Lipinski definition) is 2. The lowest BCUT2D eigenvalue weighted by molar-refractivity contribution is -0.138. The molecule has 8 heteroatoms. The molecule has 33 heavy (non-hydrogen) atoms. The largest absolute Gasteiger partial charge is 0.458 e. The van der Waals surface area contributed by atoms with Gasteiger partial charge in [0.25, 0.3) is 0 Å². The number of amides is 1. The number of allylic oxidation sites excluding steroid dienone is 2. The molecule has 1 atom stereocenters. The van der Waals surface area contributed by atoms with Gasteiger partial charge < -0.3 is 15.4 Å². The van der Waals surface area contributed by atoms with Crippen molar-refractivity contribution in [3.8, 4) is 6.07 Å². The van der Waals surface area contributed by atoms with Crippen molar-refractivity contribution >= 4 is 40.7 Å². The van der Waals surface area contributed by atoms with Crippen LogP contribution in [0.25, 0.3) is 0 Å². The third-order valence-electron chi connectivity index (χ3n) is 5.04. The van der Waals surface area contributed by atoms with Crippen LogP contribution in [0, 0.1) is 25.2 Å². The summed E-state index contributed by atoms with van der Waals surface area (Å²) in [7, 11) is 0. The Labute approximate surface area is 202 Å². The Morgan fingerprint density at radius 2 is 2.12 bits per heavy atom. The maximum atomic E-state index is 12.8. The van der Waals surface area contributed by atoms with E-state index in [0.29, 0.717) is 21.9 Å². The fourth-order valence-corrected chi connectivity index (χ4v) is 5.18. The molecule has 0 saturated heterocycles. The number of rotatable bonds is 8. The minimum atomic E-state index is -0.557. The second kappa shape index (κ2) is 11.0. The van der Waals surface area contributed by atoms with Gasteiger partial charge in [-0.15, -0.1) is 11.3 Å². The van der Waals surface area contributed by atoms with Crippen molar-refractivity contribution in [3.05, 3.63) is 86.2 Å². The number of nitriles is 1. The zero-order chi connectivity index (χ0) is 24.0. The summed E-state index contributed by atoms with van der Waals surface area (Å²) in [6.45, 7) is 9.34. The summed E-state index contributed by atoms with van der Waals surface area (Å²) in [5.74, 6) is -1.12. The summed E-state index contributed by atoms with van der Waals surface area (Å²) >= 11 is 2.70. The van der Waals surface area contributed by atoms with E-state index < -0.39 is 11.9 Å². The third-order valence-corrected chi connectivity index (χ3v) is 7.00. The molecule has 6 nitrogen and oxygen atoms in total. The minimum Gasteiger partial charge on any atom is -0.458 e. The van der Waals surface area contributed by atoms with E-state index >= 15 is 0 Å². The highest BCUT2D eigenvalue weighted by Crippen LogP contribution is 2.42. The fraction of sp³-hybridized carbons (Fsp3) is 0.240. The smallest absolute Gasteiger partial charge is 0.337 e. The lowest BCUT2D eigenvalue weighted by atomic mass is 9.87. The van der Waals surface area contributed by atoms with E-state index in [9.17, 15) is 14.9 Å². The number of benzene rings is 1. The van der Waals surface area contributed by atoms with E-state index in [1.54, 1.807) is 6.92 Å². The summed E-state index contributed by atoms with van der Waals surface area (Å²) in [5, 5.41) is 18.6. The van der Waals surface area contributed by atoms with Crippen LogP contribution < -0.4 is 10.6 Å². The summed E-state index contributed by atoms with van der Waals surface area (Å²) in [4.78, 5) is 26.3. The predicted molar refractivity (Wildman–Crippen MR) is 134 cm³/mol. The SMILES string of the molecule is C=CCOC(=O)C1=C(C)NC(SCC(=O)Nc2cc(C)ccc2C)=C(C#N)[C@H]1c1cccs1. The number of thiophene rings is 1. The molecular weight excluding hydrogens is 454 g/mol. The number of nitrogens with zero attached hydrogens (tertiary/aromatic N) is 1. The molecule has 1 aliphatic heterocycles. The molecule has 0 unspecified atom stereocenters. The van der Waals surface area contributed by atoms with Crippen molar-refractivity contribution in [2.45, 2.75) is 26.7 Å². The molecule has 1 aromatic heterocycles. The van der Waals surface area contributed by atoms with Crippen LogP contribution in [0.2, 0.25) is 0 Å². The fourth-order valence-electron chi connectivity index (χ4n) is 3.44. The number of anilines is 1. The van der Waals surface area contributed by atoms with Crippen LogP contribution in [-0.2, 0) is 14.3 Å². The van der Waals surface area contributed by atoms with E-state index in [-0.39, 0.29) is 18.3 Å². The Balaban J connectivity index is 1.84. The molecule has 170 valence electrons. The Morgan fingerprint density at radius 3 is 2.79 bits per heavy atom. The summed E-state index contributed by atoms with van der Waals surface area (Å²) < 4.78 is 5.29.